The zero-order chi connectivity index (χ0) is 22.5. The molecule has 0 aromatic heterocycles. The van der Waals surface area contributed by atoms with Crippen molar-refractivity contribution >= 4 is 23.7 Å². The molecule has 2 aromatic rings. The van der Waals surface area contributed by atoms with Crippen LogP contribution in [-0.2, 0) is 16.1 Å². The number of aliphatic carboxylic acids is 1. The summed E-state index contributed by atoms with van der Waals surface area (Å²) >= 11 is 5.94. The molecule has 0 bridgehead atoms. The van der Waals surface area contributed by atoms with Crippen LogP contribution in [0, 0.1) is 5.82 Å². The van der Waals surface area contributed by atoms with E-state index in [0.29, 0.717) is 21.7 Å². The van der Waals surface area contributed by atoms with Gasteiger partial charge in [-0.2, -0.15) is 0 Å². The van der Waals surface area contributed by atoms with Gasteiger partial charge in [-0.15, -0.1) is 0 Å². The number of ether oxygens (including phenoxy) is 1. The van der Waals surface area contributed by atoms with E-state index in [9.17, 15) is 19.1 Å². The number of carbonyl (C=O) groups is 2. The molecule has 1 unspecified atom stereocenters. The van der Waals surface area contributed by atoms with Crippen molar-refractivity contribution in [2.45, 2.75) is 39.0 Å². The highest BCUT2D eigenvalue weighted by atomic mass is 35.5. The van der Waals surface area contributed by atoms with Gasteiger partial charge < -0.3 is 14.9 Å². The van der Waals surface area contributed by atoms with Crippen LogP contribution in [0.15, 0.2) is 42.5 Å². The highest BCUT2D eigenvalue weighted by Gasteiger charge is 2.23. The Kier molecular flexibility index (Phi) is 7.77. The van der Waals surface area contributed by atoms with Crippen LogP contribution in [0.2, 0.25) is 5.02 Å². The van der Waals surface area contributed by atoms with Gasteiger partial charge in [0.25, 0.3) is 0 Å². The van der Waals surface area contributed by atoms with Crippen LogP contribution < -0.4 is 5.43 Å². The molecule has 0 fully saturated rings. The van der Waals surface area contributed by atoms with Crippen LogP contribution in [0.5, 0.6) is 0 Å². The second-order valence-electron chi connectivity index (χ2n) is 7.67. The predicted molar refractivity (Wildman–Crippen MR) is 110 cm³/mol. The first-order valence-electron chi connectivity index (χ1n) is 9.14. The van der Waals surface area contributed by atoms with Crippen LogP contribution in [-0.4, -0.2) is 45.5 Å². The quantitative estimate of drug-likeness (QED) is 0.568. The molecule has 3 N–H and O–H groups in total. The zero-order valence-corrected chi connectivity index (χ0v) is 17.6. The zero-order valence-electron chi connectivity index (χ0n) is 16.9. The lowest BCUT2D eigenvalue weighted by atomic mass is 10.0. The molecule has 0 aliphatic rings. The minimum atomic E-state index is -1.71. The topological polar surface area (TPSA) is 99.1 Å². The van der Waals surface area contributed by atoms with E-state index in [0.717, 1.165) is 0 Å². The number of aliphatic hydroxyl groups excluding tert-OH is 1. The van der Waals surface area contributed by atoms with E-state index in [1.54, 1.807) is 45.0 Å². The molecule has 0 saturated heterocycles. The molecule has 0 saturated carbocycles. The number of nitrogens with zero attached hydrogens (tertiary/aromatic N) is 1. The van der Waals surface area contributed by atoms with Gasteiger partial charge in [0.1, 0.15) is 11.4 Å². The summed E-state index contributed by atoms with van der Waals surface area (Å²) < 4.78 is 19.2. The fourth-order valence-electron chi connectivity index (χ4n) is 2.60. The van der Waals surface area contributed by atoms with Crippen LogP contribution in [0.1, 0.15) is 26.3 Å². The van der Waals surface area contributed by atoms with Crippen LogP contribution in [0.25, 0.3) is 11.1 Å². The lowest BCUT2D eigenvalue weighted by molar-refractivity contribution is -0.148. The first-order valence-corrected chi connectivity index (χ1v) is 9.52. The van der Waals surface area contributed by atoms with Gasteiger partial charge in [0.05, 0.1) is 6.54 Å². The molecule has 9 heteroatoms. The van der Waals surface area contributed by atoms with E-state index in [1.165, 1.54) is 23.2 Å². The van der Waals surface area contributed by atoms with E-state index in [1.807, 2.05) is 0 Å². The smallest absolute Gasteiger partial charge is 0.422 e. The number of benzene rings is 2. The number of hydrogen-bond acceptors (Lipinski definition) is 5. The van der Waals surface area contributed by atoms with Crippen molar-refractivity contribution in [1.82, 2.24) is 10.4 Å². The number of carbonyl (C=O) groups excluding carboxylic acids is 1. The lowest BCUT2D eigenvalue weighted by Crippen LogP contribution is -2.48. The fraction of sp³-hybridized carbons (Fsp3) is 0.333. The molecule has 162 valence electrons. The number of hydrogen-bond donors (Lipinski definition) is 3. The van der Waals surface area contributed by atoms with Gasteiger partial charge in [0.2, 0.25) is 0 Å². The number of halogens is 2. The molecule has 2 aromatic carbocycles. The number of nitrogens with one attached hydrogen (secondary N) is 1. The molecule has 2 rings (SSSR count). The largest absolute Gasteiger partial charge is 0.479 e. The second kappa shape index (κ2) is 9.88. The monoisotopic (exact) mass is 438 g/mol. The number of aliphatic hydroxyl groups is 1. The van der Waals surface area contributed by atoms with Crippen molar-refractivity contribution in [3.05, 3.63) is 58.9 Å². The Morgan fingerprint density at radius 3 is 2.40 bits per heavy atom. The highest BCUT2D eigenvalue weighted by Crippen LogP contribution is 2.26. The molecular formula is C21H24ClFN2O5. The molecule has 30 heavy (non-hydrogen) atoms. The van der Waals surface area contributed by atoms with E-state index < -0.39 is 29.6 Å². The van der Waals surface area contributed by atoms with Crippen molar-refractivity contribution in [3.8, 4) is 11.1 Å². The molecule has 0 aliphatic heterocycles. The number of carboxylic acids is 1. The van der Waals surface area contributed by atoms with Gasteiger partial charge in [0, 0.05) is 17.1 Å². The van der Waals surface area contributed by atoms with Crippen LogP contribution >= 0.6 is 11.6 Å². The van der Waals surface area contributed by atoms with Gasteiger partial charge in [-0.3, -0.25) is 5.43 Å². The lowest BCUT2D eigenvalue weighted by Gasteiger charge is -2.27. The Morgan fingerprint density at radius 2 is 1.83 bits per heavy atom. The van der Waals surface area contributed by atoms with Gasteiger partial charge >= 0.3 is 12.1 Å². The third-order valence-electron chi connectivity index (χ3n) is 3.89. The molecular weight excluding hydrogens is 415 g/mol. The van der Waals surface area contributed by atoms with Gasteiger partial charge in [-0.1, -0.05) is 35.9 Å². The molecule has 0 radical (unpaired) electrons. The Hall–Kier alpha value is -2.68. The predicted octanol–water partition coefficient (Wildman–Crippen LogP) is 3.83. The van der Waals surface area contributed by atoms with Crippen molar-refractivity contribution in [1.29, 1.82) is 0 Å². The van der Waals surface area contributed by atoms with Crippen molar-refractivity contribution in [3.63, 3.8) is 0 Å². The van der Waals surface area contributed by atoms with E-state index in [4.69, 9.17) is 21.4 Å². The molecule has 0 spiro atoms. The average molecular weight is 439 g/mol. The maximum absolute atomic E-state index is 14.1. The Morgan fingerprint density at radius 1 is 1.20 bits per heavy atom. The Labute approximate surface area is 179 Å². The summed E-state index contributed by atoms with van der Waals surface area (Å²) in [6.45, 7) is 4.80. The summed E-state index contributed by atoms with van der Waals surface area (Å²) in [5.74, 6) is -1.83. The summed E-state index contributed by atoms with van der Waals surface area (Å²) in [5.41, 5.74) is 3.34. The number of amides is 1. The van der Waals surface area contributed by atoms with Gasteiger partial charge in [-0.25, -0.2) is 19.0 Å². The third kappa shape index (κ3) is 7.29. The van der Waals surface area contributed by atoms with E-state index >= 15 is 0 Å². The normalized spacial score (nSPS) is 12.5. The first kappa shape index (κ1) is 23.6. The average Bonchev–Trinajstić information content (AvgIpc) is 2.62. The molecule has 1 amide bonds. The number of rotatable bonds is 7. The maximum atomic E-state index is 14.1. The summed E-state index contributed by atoms with van der Waals surface area (Å²) in [6.07, 6.45) is -2.49. The first-order chi connectivity index (χ1) is 13.9. The number of hydrazine groups is 1. The van der Waals surface area contributed by atoms with E-state index in [-0.39, 0.29) is 13.1 Å². The number of carboxylic acid groups (broad SMARTS) is 1. The molecule has 1 atom stereocenters. The van der Waals surface area contributed by atoms with Crippen LogP contribution in [0.3, 0.4) is 0 Å². The SMILES string of the molecule is CC(C)(C)OC(=O)NN(Cc1ccc(-c2cc(Cl)ccc2F)cc1)CC(O)C(=O)O. The standard InChI is InChI=1S/C21H24ClFN2O5/c1-21(2,3)30-20(29)24-25(12-18(26)19(27)28)11-13-4-6-14(7-5-13)16-10-15(22)8-9-17(16)23/h4-10,18,26H,11-12H2,1-3H3,(H,24,29)(H,27,28). The van der Waals surface area contributed by atoms with Crippen molar-refractivity contribution in [2.24, 2.45) is 0 Å². The summed E-state index contributed by atoms with van der Waals surface area (Å²) in [4.78, 5) is 23.1. The van der Waals surface area contributed by atoms with Crippen LogP contribution in [0.4, 0.5) is 9.18 Å². The maximum Gasteiger partial charge on any atom is 0.422 e. The summed E-state index contributed by atoms with van der Waals surface area (Å²) in [5, 5.41) is 20.3. The van der Waals surface area contributed by atoms with Crippen molar-refractivity contribution < 1.29 is 28.9 Å². The summed E-state index contributed by atoms with van der Waals surface area (Å²) in [7, 11) is 0. The minimum Gasteiger partial charge on any atom is -0.479 e. The second-order valence-corrected chi connectivity index (χ2v) is 8.11. The molecule has 0 heterocycles. The Bertz CT molecular complexity index is 899. The van der Waals surface area contributed by atoms with Gasteiger partial charge in [-0.05, 0) is 50.1 Å². The van der Waals surface area contributed by atoms with E-state index in [2.05, 4.69) is 5.43 Å². The molecule has 0 aliphatic carbocycles. The minimum absolute atomic E-state index is 0.0852. The molecule has 7 nitrogen and oxygen atoms in total. The van der Waals surface area contributed by atoms with Gasteiger partial charge in [0.15, 0.2) is 6.10 Å². The highest BCUT2D eigenvalue weighted by molar-refractivity contribution is 6.30. The Balaban J connectivity index is 2.16. The third-order valence-corrected chi connectivity index (χ3v) is 4.13. The van der Waals surface area contributed by atoms with Crippen molar-refractivity contribution in [2.75, 3.05) is 6.54 Å². The summed E-state index contributed by atoms with van der Waals surface area (Å²) in [6, 6.07) is 11.0. The fourth-order valence-corrected chi connectivity index (χ4v) is 2.77.